The Morgan fingerprint density at radius 1 is 1.45 bits per heavy atom. The van der Waals surface area contributed by atoms with Gasteiger partial charge in [-0.1, -0.05) is 23.0 Å². The Morgan fingerprint density at radius 3 is 2.95 bits per heavy atom. The average Bonchev–Trinajstić information content (AvgIpc) is 2.97. The number of hydrogen-bond acceptors (Lipinski definition) is 5. The van der Waals surface area contributed by atoms with Gasteiger partial charge in [-0.2, -0.15) is 0 Å². The van der Waals surface area contributed by atoms with E-state index in [1.54, 1.807) is 7.11 Å². The molecule has 0 aliphatic carbocycles. The van der Waals surface area contributed by atoms with Gasteiger partial charge in [-0.05, 0) is 54.7 Å². The molecule has 0 spiro atoms. The molecule has 6 heteroatoms. The lowest BCUT2D eigenvalue weighted by atomic mass is 10.0. The molecule has 0 radical (unpaired) electrons. The van der Waals surface area contributed by atoms with Crippen LogP contribution in [0.2, 0.25) is 5.02 Å². The maximum absolute atomic E-state index is 6.09. The van der Waals surface area contributed by atoms with Crippen LogP contribution in [0.4, 0.5) is 0 Å². The smallest absolute Gasteiger partial charge is 0.122 e. The van der Waals surface area contributed by atoms with Gasteiger partial charge in [0.1, 0.15) is 5.75 Å². The SMILES string of the molecule is CCCNC(Cc1cc(Cl)ccc1OC)c1cnns1. The number of halogens is 1. The Kier molecular flexibility index (Phi) is 5.76. The van der Waals surface area contributed by atoms with E-state index in [0.717, 1.165) is 40.6 Å². The van der Waals surface area contributed by atoms with Crippen LogP contribution in [0.15, 0.2) is 24.4 Å². The van der Waals surface area contributed by atoms with Crippen molar-refractivity contribution in [3.05, 3.63) is 39.9 Å². The van der Waals surface area contributed by atoms with Gasteiger partial charge in [0.05, 0.1) is 18.2 Å². The minimum Gasteiger partial charge on any atom is -0.496 e. The Labute approximate surface area is 128 Å². The Hall–Kier alpha value is -1.17. The lowest BCUT2D eigenvalue weighted by Gasteiger charge is -2.18. The van der Waals surface area contributed by atoms with Crippen LogP contribution < -0.4 is 10.1 Å². The topological polar surface area (TPSA) is 47.0 Å². The molecule has 0 bridgehead atoms. The van der Waals surface area contributed by atoms with Crippen LogP contribution in [0.3, 0.4) is 0 Å². The molecule has 2 aromatic rings. The summed E-state index contributed by atoms with van der Waals surface area (Å²) in [5, 5.41) is 8.17. The largest absolute Gasteiger partial charge is 0.496 e. The Balaban J connectivity index is 2.21. The molecule has 1 aromatic heterocycles. The van der Waals surface area contributed by atoms with Crippen molar-refractivity contribution >= 4 is 23.1 Å². The molecule has 2 rings (SSSR count). The number of hydrogen-bond donors (Lipinski definition) is 1. The summed E-state index contributed by atoms with van der Waals surface area (Å²) in [7, 11) is 1.68. The third kappa shape index (κ3) is 3.91. The minimum absolute atomic E-state index is 0.183. The van der Waals surface area contributed by atoms with Crippen LogP contribution in [-0.2, 0) is 6.42 Å². The first-order chi connectivity index (χ1) is 9.74. The molecule has 20 heavy (non-hydrogen) atoms. The summed E-state index contributed by atoms with van der Waals surface area (Å²) in [6.45, 7) is 3.10. The van der Waals surface area contributed by atoms with Crippen molar-refractivity contribution in [3.63, 3.8) is 0 Å². The highest BCUT2D eigenvalue weighted by atomic mass is 35.5. The van der Waals surface area contributed by atoms with Crippen LogP contribution >= 0.6 is 23.1 Å². The molecule has 0 saturated heterocycles. The molecule has 1 N–H and O–H groups in total. The summed E-state index contributed by atoms with van der Waals surface area (Å²) >= 11 is 7.51. The van der Waals surface area contributed by atoms with E-state index >= 15 is 0 Å². The summed E-state index contributed by atoms with van der Waals surface area (Å²) in [5.41, 5.74) is 1.09. The van der Waals surface area contributed by atoms with Crippen molar-refractivity contribution in [1.29, 1.82) is 0 Å². The van der Waals surface area contributed by atoms with Crippen molar-refractivity contribution in [3.8, 4) is 5.75 Å². The second-order valence-corrected chi connectivity index (χ2v) is 5.74. The highest BCUT2D eigenvalue weighted by Gasteiger charge is 2.16. The van der Waals surface area contributed by atoms with E-state index in [2.05, 4.69) is 21.8 Å². The van der Waals surface area contributed by atoms with Gasteiger partial charge in [-0.25, -0.2) is 0 Å². The van der Waals surface area contributed by atoms with Crippen LogP contribution in [0.5, 0.6) is 5.75 Å². The second kappa shape index (κ2) is 7.57. The van der Waals surface area contributed by atoms with Crippen molar-refractivity contribution < 1.29 is 4.74 Å². The molecular formula is C14H18ClN3OS. The number of nitrogens with one attached hydrogen (secondary N) is 1. The summed E-state index contributed by atoms with van der Waals surface area (Å²) in [6.07, 6.45) is 3.69. The maximum Gasteiger partial charge on any atom is 0.122 e. The predicted octanol–water partition coefficient (Wildman–Crippen LogP) is 3.48. The third-order valence-corrected chi connectivity index (χ3v) is 4.04. The van der Waals surface area contributed by atoms with Gasteiger partial charge in [0.2, 0.25) is 0 Å². The zero-order valence-corrected chi connectivity index (χ0v) is 13.2. The standard InChI is InChI=1S/C14H18ClN3OS/c1-3-6-16-12(14-9-17-18-20-14)8-10-7-11(15)4-5-13(10)19-2/h4-5,7,9,12,16H,3,6,8H2,1-2H3. The van der Waals surface area contributed by atoms with Crippen molar-refractivity contribution in [2.45, 2.75) is 25.8 Å². The molecule has 1 unspecified atom stereocenters. The van der Waals surface area contributed by atoms with Crippen LogP contribution in [0, 0.1) is 0 Å². The molecule has 1 atom stereocenters. The molecule has 108 valence electrons. The highest BCUT2D eigenvalue weighted by Crippen LogP contribution is 2.28. The first-order valence-corrected chi connectivity index (χ1v) is 7.72. The van der Waals surface area contributed by atoms with E-state index < -0.39 is 0 Å². The molecule has 0 fully saturated rings. The van der Waals surface area contributed by atoms with Crippen LogP contribution in [0.25, 0.3) is 0 Å². The van der Waals surface area contributed by atoms with Gasteiger partial charge in [-0.3, -0.25) is 0 Å². The van der Waals surface area contributed by atoms with Gasteiger partial charge in [0, 0.05) is 11.1 Å². The van der Waals surface area contributed by atoms with Gasteiger partial charge in [0.15, 0.2) is 0 Å². The zero-order chi connectivity index (χ0) is 14.4. The van der Waals surface area contributed by atoms with E-state index in [4.69, 9.17) is 16.3 Å². The van der Waals surface area contributed by atoms with Crippen LogP contribution in [-0.4, -0.2) is 23.2 Å². The van der Waals surface area contributed by atoms with E-state index in [-0.39, 0.29) is 6.04 Å². The summed E-state index contributed by atoms with van der Waals surface area (Å²) in [5.74, 6) is 0.857. The maximum atomic E-state index is 6.09. The molecule has 0 saturated carbocycles. The van der Waals surface area contributed by atoms with E-state index in [9.17, 15) is 0 Å². The Morgan fingerprint density at radius 2 is 2.30 bits per heavy atom. The zero-order valence-electron chi connectivity index (χ0n) is 11.6. The highest BCUT2D eigenvalue weighted by molar-refractivity contribution is 7.05. The lowest BCUT2D eigenvalue weighted by molar-refractivity contribution is 0.405. The molecule has 0 amide bonds. The first kappa shape index (κ1) is 15.2. The Bertz CT molecular complexity index is 533. The summed E-state index contributed by atoms with van der Waals surface area (Å²) in [4.78, 5) is 1.13. The van der Waals surface area contributed by atoms with E-state index in [1.807, 2.05) is 24.4 Å². The molecule has 4 nitrogen and oxygen atoms in total. The predicted molar refractivity (Wildman–Crippen MR) is 82.7 cm³/mol. The monoisotopic (exact) mass is 311 g/mol. The molecular weight excluding hydrogens is 294 g/mol. The number of ether oxygens (including phenoxy) is 1. The first-order valence-electron chi connectivity index (χ1n) is 6.57. The van der Waals surface area contributed by atoms with Gasteiger partial charge >= 0.3 is 0 Å². The van der Waals surface area contributed by atoms with E-state index in [0.29, 0.717) is 0 Å². The van der Waals surface area contributed by atoms with Gasteiger partial charge in [0.25, 0.3) is 0 Å². The molecule has 1 heterocycles. The van der Waals surface area contributed by atoms with Gasteiger partial charge < -0.3 is 10.1 Å². The van der Waals surface area contributed by atoms with Crippen molar-refractivity contribution in [2.24, 2.45) is 0 Å². The number of benzene rings is 1. The van der Waals surface area contributed by atoms with Crippen LogP contribution in [0.1, 0.15) is 29.8 Å². The fraction of sp³-hybridized carbons (Fsp3) is 0.429. The molecule has 0 aliphatic rings. The average molecular weight is 312 g/mol. The number of methoxy groups -OCH3 is 1. The minimum atomic E-state index is 0.183. The van der Waals surface area contributed by atoms with Crippen molar-refractivity contribution in [1.82, 2.24) is 14.9 Å². The number of aromatic nitrogens is 2. The molecule has 1 aromatic carbocycles. The second-order valence-electron chi connectivity index (χ2n) is 4.49. The molecule has 0 aliphatic heterocycles. The lowest BCUT2D eigenvalue weighted by Crippen LogP contribution is -2.23. The fourth-order valence-electron chi connectivity index (χ4n) is 2.05. The summed E-state index contributed by atoms with van der Waals surface area (Å²) in [6, 6.07) is 5.88. The normalized spacial score (nSPS) is 12.3. The van der Waals surface area contributed by atoms with Gasteiger partial charge in [-0.15, -0.1) is 5.10 Å². The van der Waals surface area contributed by atoms with Crippen molar-refractivity contribution in [2.75, 3.05) is 13.7 Å². The number of nitrogens with zero attached hydrogens (tertiary/aromatic N) is 2. The fourth-order valence-corrected chi connectivity index (χ4v) is 2.82. The number of rotatable bonds is 7. The van der Waals surface area contributed by atoms with E-state index in [1.165, 1.54) is 11.5 Å². The summed E-state index contributed by atoms with van der Waals surface area (Å²) < 4.78 is 9.36. The quantitative estimate of drug-likeness (QED) is 0.850. The third-order valence-electron chi connectivity index (χ3n) is 3.03.